The SMILES string of the molecule is CCN(CC1CCN(C2(Cc3cccc(C)c3)CC2)CC1)C(=O)c1cc2ccccc2[nH]1. The topological polar surface area (TPSA) is 39.3 Å². The molecule has 3 aromatic rings. The van der Waals surface area contributed by atoms with E-state index in [0.717, 1.165) is 37.1 Å². The lowest BCUT2D eigenvalue weighted by Gasteiger charge is -2.39. The summed E-state index contributed by atoms with van der Waals surface area (Å²) < 4.78 is 0. The molecule has 1 saturated heterocycles. The summed E-state index contributed by atoms with van der Waals surface area (Å²) in [5.41, 5.74) is 4.97. The monoisotopic (exact) mass is 429 g/mol. The molecular formula is C28H35N3O. The summed E-state index contributed by atoms with van der Waals surface area (Å²) in [6.07, 6.45) is 6.20. The van der Waals surface area contributed by atoms with Crippen molar-refractivity contribution in [3.8, 4) is 0 Å². The number of aryl methyl sites for hydroxylation is 1. The molecule has 5 rings (SSSR count). The zero-order chi connectivity index (χ0) is 22.1. The highest BCUT2D eigenvalue weighted by Gasteiger charge is 2.48. The average Bonchev–Trinajstić information content (AvgIpc) is 3.45. The van der Waals surface area contributed by atoms with Gasteiger partial charge in [-0.3, -0.25) is 9.69 Å². The summed E-state index contributed by atoms with van der Waals surface area (Å²) in [5.74, 6) is 0.721. The Morgan fingerprint density at radius 2 is 1.88 bits per heavy atom. The number of rotatable bonds is 7. The smallest absolute Gasteiger partial charge is 0.270 e. The Bertz CT molecular complexity index is 1060. The van der Waals surface area contributed by atoms with Gasteiger partial charge in [-0.25, -0.2) is 0 Å². The molecule has 168 valence electrons. The van der Waals surface area contributed by atoms with E-state index in [1.54, 1.807) is 0 Å². The Kier molecular flexibility index (Phi) is 5.81. The van der Waals surface area contributed by atoms with Gasteiger partial charge in [0.1, 0.15) is 5.69 Å². The number of benzene rings is 2. The minimum Gasteiger partial charge on any atom is -0.351 e. The highest BCUT2D eigenvalue weighted by atomic mass is 16.2. The second kappa shape index (κ2) is 8.74. The largest absolute Gasteiger partial charge is 0.351 e. The molecule has 1 aliphatic carbocycles. The van der Waals surface area contributed by atoms with Crippen LogP contribution in [0.1, 0.15) is 54.2 Å². The van der Waals surface area contributed by atoms with Gasteiger partial charge >= 0.3 is 0 Å². The number of amides is 1. The van der Waals surface area contributed by atoms with Crippen LogP contribution < -0.4 is 0 Å². The summed E-state index contributed by atoms with van der Waals surface area (Å²) >= 11 is 0. The quantitative estimate of drug-likeness (QED) is 0.544. The van der Waals surface area contributed by atoms with Gasteiger partial charge in [0.15, 0.2) is 0 Å². The van der Waals surface area contributed by atoms with E-state index in [9.17, 15) is 4.79 Å². The van der Waals surface area contributed by atoms with Gasteiger partial charge < -0.3 is 9.88 Å². The van der Waals surface area contributed by atoms with E-state index in [2.05, 4.69) is 54.1 Å². The van der Waals surface area contributed by atoms with Crippen molar-refractivity contribution in [2.45, 2.75) is 51.5 Å². The van der Waals surface area contributed by atoms with Gasteiger partial charge in [0.05, 0.1) is 0 Å². The molecule has 4 nitrogen and oxygen atoms in total. The maximum atomic E-state index is 13.2. The van der Waals surface area contributed by atoms with Crippen LogP contribution in [0.5, 0.6) is 0 Å². The van der Waals surface area contributed by atoms with Gasteiger partial charge in [0, 0.05) is 29.5 Å². The third kappa shape index (κ3) is 4.33. The lowest BCUT2D eigenvalue weighted by molar-refractivity contribution is 0.0654. The molecule has 0 bridgehead atoms. The maximum absolute atomic E-state index is 13.2. The van der Waals surface area contributed by atoms with Crippen molar-refractivity contribution in [2.24, 2.45) is 5.92 Å². The molecule has 2 heterocycles. The number of nitrogens with one attached hydrogen (secondary N) is 1. The van der Waals surface area contributed by atoms with Crippen molar-refractivity contribution < 1.29 is 4.79 Å². The summed E-state index contributed by atoms with van der Waals surface area (Å²) in [5, 5.41) is 1.10. The molecule has 1 N–H and O–H groups in total. The molecule has 32 heavy (non-hydrogen) atoms. The normalized spacial score (nSPS) is 18.7. The fourth-order valence-electron chi connectivity index (χ4n) is 5.57. The van der Waals surface area contributed by atoms with E-state index in [1.807, 2.05) is 29.2 Å². The molecule has 1 aliphatic heterocycles. The first-order chi connectivity index (χ1) is 15.6. The molecule has 2 aliphatic rings. The van der Waals surface area contributed by atoms with Gasteiger partial charge in [-0.1, -0.05) is 48.0 Å². The number of aromatic nitrogens is 1. The number of hydrogen-bond acceptors (Lipinski definition) is 2. The molecule has 0 atom stereocenters. The average molecular weight is 430 g/mol. The molecule has 0 radical (unpaired) electrons. The third-order valence-electron chi connectivity index (χ3n) is 7.64. The number of fused-ring (bicyclic) bond motifs is 1. The summed E-state index contributed by atoms with van der Waals surface area (Å²) in [6, 6.07) is 19.1. The predicted octanol–water partition coefficient (Wildman–Crippen LogP) is 5.43. The summed E-state index contributed by atoms with van der Waals surface area (Å²) in [7, 11) is 0. The fraction of sp³-hybridized carbons (Fsp3) is 0.464. The number of likely N-dealkylation sites (tertiary alicyclic amines) is 1. The Morgan fingerprint density at radius 3 is 2.56 bits per heavy atom. The first-order valence-corrected chi connectivity index (χ1v) is 12.2. The number of nitrogens with zero attached hydrogens (tertiary/aromatic N) is 2. The van der Waals surface area contributed by atoms with Gasteiger partial charge in [0.2, 0.25) is 0 Å². The Hall–Kier alpha value is -2.59. The highest BCUT2D eigenvalue weighted by molar-refractivity contribution is 5.98. The molecule has 1 amide bonds. The van der Waals surface area contributed by atoms with Crippen LogP contribution in [0, 0.1) is 12.8 Å². The molecule has 0 unspecified atom stereocenters. The molecule has 2 aromatic carbocycles. The zero-order valence-corrected chi connectivity index (χ0v) is 19.4. The third-order valence-corrected chi connectivity index (χ3v) is 7.64. The molecule has 4 heteroatoms. The van der Waals surface area contributed by atoms with Gasteiger partial charge in [-0.15, -0.1) is 0 Å². The van der Waals surface area contributed by atoms with Crippen LogP contribution in [-0.2, 0) is 6.42 Å². The van der Waals surface area contributed by atoms with E-state index in [1.165, 1.54) is 43.2 Å². The van der Waals surface area contributed by atoms with Crippen molar-refractivity contribution in [3.63, 3.8) is 0 Å². The second-order valence-corrected chi connectivity index (χ2v) is 9.93. The Morgan fingerprint density at radius 1 is 1.09 bits per heavy atom. The van der Waals surface area contributed by atoms with E-state index >= 15 is 0 Å². The lowest BCUT2D eigenvalue weighted by atomic mass is 9.92. The van der Waals surface area contributed by atoms with Gasteiger partial charge in [0.25, 0.3) is 5.91 Å². The predicted molar refractivity (Wildman–Crippen MR) is 131 cm³/mol. The fourth-order valence-corrected chi connectivity index (χ4v) is 5.57. The Labute approximate surface area is 191 Å². The standard InChI is InChI=1S/C28H35N3O/c1-3-30(27(32)26-18-24-9-4-5-10-25(24)29-26)20-22-11-15-31(16-12-22)28(13-14-28)19-23-8-6-7-21(2)17-23/h4-10,17-18,22,29H,3,11-16,19-20H2,1-2H3. The van der Waals surface area contributed by atoms with Crippen molar-refractivity contribution in [2.75, 3.05) is 26.2 Å². The number of piperidine rings is 1. The second-order valence-electron chi connectivity index (χ2n) is 9.93. The van der Waals surface area contributed by atoms with Crippen LogP contribution >= 0.6 is 0 Å². The number of hydrogen-bond donors (Lipinski definition) is 1. The lowest BCUT2D eigenvalue weighted by Crippen LogP contribution is -2.46. The summed E-state index contributed by atoms with van der Waals surface area (Å²) in [4.78, 5) is 21.3. The van der Waals surface area contributed by atoms with Crippen LogP contribution in [-0.4, -0.2) is 52.4 Å². The molecular weight excluding hydrogens is 394 g/mol. The van der Waals surface area contributed by atoms with Crippen molar-refractivity contribution in [3.05, 3.63) is 71.4 Å². The highest BCUT2D eigenvalue weighted by Crippen LogP contribution is 2.46. The van der Waals surface area contributed by atoms with Crippen molar-refractivity contribution in [1.29, 1.82) is 0 Å². The molecule has 2 fully saturated rings. The Balaban J connectivity index is 1.18. The van der Waals surface area contributed by atoms with Crippen molar-refractivity contribution >= 4 is 16.8 Å². The maximum Gasteiger partial charge on any atom is 0.270 e. The molecule has 1 saturated carbocycles. The first-order valence-electron chi connectivity index (χ1n) is 12.2. The van der Waals surface area contributed by atoms with E-state index in [-0.39, 0.29) is 5.91 Å². The van der Waals surface area contributed by atoms with E-state index < -0.39 is 0 Å². The van der Waals surface area contributed by atoms with Gasteiger partial charge in [-0.2, -0.15) is 0 Å². The van der Waals surface area contributed by atoms with Crippen LogP contribution in [0.3, 0.4) is 0 Å². The summed E-state index contributed by atoms with van der Waals surface area (Å²) in [6.45, 7) is 8.22. The number of carbonyl (C=O) groups excluding carboxylic acids is 1. The van der Waals surface area contributed by atoms with E-state index in [4.69, 9.17) is 0 Å². The number of para-hydroxylation sites is 1. The van der Waals surface area contributed by atoms with Crippen molar-refractivity contribution in [1.82, 2.24) is 14.8 Å². The zero-order valence-electron chi connectivity index (χ0n) is 19.4. The van der Waals surface area contributed by atoms with Crippen LogP contribution in [0.4, 0.5) is 0 Å². The minimum absolute atomic E-state index is 0.129. The molecule has 0 spiro atoms. The van der Waals surface area contributed by atoms with Crippen LogP contribution in [0.25, 0.3) is 10.9 Å². The van der Waals surface area contributed by atoms with Crippen LogP contribution in [0.2, 0.25) is 0 Å². The van der Waals surface area contributed by atoms with Crippen LogP contribution in [0.15, 0.2) is 54.6 Å². The van der Waals surface area contributed by atoms with Gasteiger partial charge in [-0.05, 0) is 82.7 Å². The number of aromatic amines is 1. The first kappa shape index (κ1) is 21.3. The molecule has 1 aromatic heterocycles. The number of carbonyl (C=O) groups is 1. The number of H-pyrrole nitrogens is 1. The minimum atomic E-state index is 0.129. The van der Waals surface area contributed by atoms with E-state index in [0.29, 0.717) is 17.2 Å².